The molecule has 2 aromatic rings. The summed E-state index contributed by atoms with van der Waals surface area (Å²) in [5.41, 5.74) is 2.34. The molecule has 0 bridgehead atoms. The van der Waals surface area contributed by atoms with Crippen molar-refractivity contribution in [3.63, 3.8) is 0 Å². The van der Waals surface area contributed by atoms with Crippen molar-refractivity contribution < 1.29 is 24.1 Å². The van der Waals surface area contributed by atoms with E-state index in [1.165, 1.54) is 18.2 Å². The average Bonchev–Trinajstić information content (AvgIpc) is 3.09. The van der Waals surface area contributed by atoms with Crippen LogP contribution in [0.2, 0.25) is 0 Å². The van der Waals surface area contributed by atoms with Crippen LogP contribution in [0.5, 0.6) is 0 Å². The average molecular weight is 448 g/mol. The Morgan fingerprint density at radius 1 is 1.42 bits per heavy atom. The van der Waals surface area contributed by atoms with E-state index in [4.69, 9.17) is 5.11 Å². The summed E-state index contributed by atoms with van der Waals surface area (Å²) in [7, 11) is 0. The quantitative estimate of drug-likeness (QED) is 0.158. The zero-order valence-corrected chi connectivity index (χ0v) is 15.7. The number of aromatic nitrogens is 2. The molecule has 1 amide bonds. The summed E-state index contributed by atoms with van der Waals surface area (Å²) >= 11 is 4.09. The lowest BCUT2D eigenvalue weighted by Crippen LogP contribution is -2.27. The fourth-order valence-electron chi connectivity index (χ4n) is 1.73. The van der Waals surface area contributed by atoms with Crippen LogP contribution in [0.25, 0.3) is 0 Å². The molecule has 2 rings (SSSR count). The van der Waals surface area contributed by atoms with E-state index in [2.05, 4.69) is 41.2 Å². The van der Waals surface area contributed by atoms with Crippen LogP contribution >= 0.6 is 27.7 Å². The number of amidine groups is 1. The Morgan fingerprint density at radius 2 is 2.23 bits per heavy atom. The molecule has 1 heterocycles. The number of halogens is 2. The van der Waals surface area contributed by atoms with Gasteiger partial charge in [0.05, 0.1) is 15.9 Å². The number of amides is 1. The lowest BCUT2D eigenvalue weighted by molar-refractivity contribution is -0.118. The van der Waals surface area contributed by atoms with Gasteiger partial charge in [0.25, 0.3) is 0 Å². The molecule has 0 fully saturated rings. The number of hydrogen-bond acceptors (Lipinski definition) is 8. The van der Waals surface area contributed by atoms with E-state index in [0.717, 1.165) is 11.8 Å². The van der Waals surface area contributed by atoms with Gasteiger partial charge in [-0.3, -0.25) is 15.5 Å². The molecule has 0 spiro atoms. The van der Waals surface area contributed by atoms with Crippen LogP contribution < -0.4 is 10.8 Å². The third-order valence-electron chi connectivity index (χ3n) is 2.93. The van der Waals surface area contributed by atoms with Crippen LogP contribution in [0, 0.1) is 5.82 Å². The van der Waals surface area contributed by atoms with Gasteiger partial charge in [-0.2, -0.15) is 0 Å². The highest BCUT2D eigenvalue weighted by molar-refractivity contribution is 9.10. The summed E-state index contributed by atoms with van der Waals surface area (Å²) in [5, 5.41) is 28.2. The van der Waals surface area contributed by atoms with Crippen molar-refractivity contribution >= 4 is 45.1 Å². The summed E-state index contributed by atoms with van der Waals surface area (Å²) in [4.78, 5) is 15.8. The smallest absolute Gasteiger partial charge is 0.230 e. The molecule has 0 aliphatic carbocycles. The van der Waals surface area contributed by atoms with Gasteiger partial charge in [-0.25, -0.2) is 14.0 Å². The molecular formula is C14H15BrFN5O4S. The standard InChI is InChI=1S/C14H15BrFN5O4S/c15-9-6-8(2-3-10(9)16)18-13(19-24)12-14(21-25-20-12)26-7-11(23)17-4-1-5-22/h2-3,6,22,24H,1,4-5,7H2,(H,17,23)(H,18,19). The van der Waals surface area contributed by atoms with E-state index in [-0.39, 0.29) is 39.3 Å². The van der Waals surface area contributed by atoms with E-state index in [1.807, 2.05) is 5.48 Å². The van der Waals surface area contributed by atoms with Crippen LogP contribution in [-0.4, -0.2) is 51.3 Å². The maximum Gasteiger partial charge on any atom is 0.230 e. The Labute approximate surface area is 160 Å². The third-order valence-corrected chi connectivity index (χ3v) is 4.49. The Kier molecular flexibility index (Phi) is 7.97. The number of hydroxylamine groups is 1. The zero-order valence-electron chi connectivity index (χ0n) is 13.3. The van der Waals surface area contributed by atoms with Crippen LogP contribution in [0.1, 0.15) is 12.1 Å². The van der Waals surface area contributed by atoms with Gasteiger partial charge in [0.15, 0.2) is 16.6 Å². The molecule has 26 heavy (non-hydrogen) atoms. The minimum Gasteiger partial charge on any atom is -0.396 e. The molecule has 0 saturated carbocycles. The maximum atomic E-state index is 13.3. The Hall–Kier alpha value is -2.02. The summed E-state index contributed by atoms with van der Waals surface area (Å²) in [5.74, 6) is -0.745. The van der Waals surface area contributed by atoms with Crippen molar-refractivity contribution in [1.82, 2.24) is 21.1 Å². The zero-order chi connectivity index (χ0) is 18.9. The highest BCUT2D eigenvalue weighted by Gasteiger charge is 2.18. The van der Waals surface area contributed by atoms with Gasteiger partial charge in [0.2, 0.25) is 5.91 Å². The van der Waals surface area contributed by atoms with Crippen LogP contribution in [0.15, 0.2) is 37.3 Å². The van der Waals surface area contributed by atoms with E-state index in [0.29, 0.717) is 18.7 Å². The number of benzene rings is 1. The van der Waals surface area contributed by atoms with Crippen LogP contribution in [0.3, 0.4) is 0 Å². The molecule has 0 saturated heterocycles. The number of carbonyl (C=O) groups excluding carboxylic acids is 1. The molecule has 140 valence electrons. The van der Waals surface area contributed by atoms with Gasteiger partial charge in [0.1, 0.15) is 5.82 Å². The van der Waals surface area contributed by atoms with E-state index < -0.39 is 5.82 Å². The van der Waals surface area contributed by atoms with Crippen molar-refractivity contribution in [2.24, 2.45) is 4.99 Å². The normalized spacial score (nSPS) is 11.5. The molecule has 4 N–H and O–H groups in total. The van der Waals surface area contributed by atoms with Crippen molar-refractivity contribution in [2.75, 3.05) is 18.9 Å². The lowest BCUT2D eigenvalue weighted by atomic mass is 10.3. The van der Waals surface area contributed by atoms with Crippen molar-refractivity contribution in [3.05, 3.63) is 34.2 Å². The highest BCUT2D eigenvalue weighted by atomic mass is 79.9. The lowest BCUT2D eigenvalue weighted by Gasteiger charge is -2.05. The SMILES string of the molecule is O=C(CSc1nonc1C(=Nc1ccc(F)c(Br)c1)NO)NCCCO. The summed E-state index contributed by atoms with van der Waals surface area (Å²) < 4.78 is 18.2. The molecule has 9 nitrogen and oxygen atoms in total. The number of aliphatic hydroxyl groups is 1. The minimum absolute atomic E-state index is 0.00767. The van der Waals surface area contributed by atoms with E-state index in [9.17, 15) is 14.4 Å². The van der Waals surface area contributed by atoms with E-state index >= 15 is 0 Å². The third kappa shape index (κ3) is 5.76. The second-order valence-electron chi connectivity index (χ2n) is 4.80. The molecule has 12 heteroatoms. The Bertz CT molecular complexity index is 788. The second-order valence-corrected chi connectivity index (χ2v) is 6.62. The number of nitrogens with one attached hydrogen (secondary N) is 2. The number of nitrogens with zero attached hydrogens (tertiary/aromatic N) is 3. The second kappa shape index (κ2) is 10.2. The summed E-state index contributed by atoms with van der Waals surface area (Å²) in [6.07, 6.45) is 0.464. The predicted molar refractivity (Wildman–Crippen MR) is 95.0 cm³/mol. The monoisotopic (exact) mass is 447 g/mol. The molecular weight excluding hydrogens is 433 g/mol. The number of hydrogen-bond donors (Lipinski definition) is 4. The minimum atomic E-state index is -0.450. The molecule has 0 atom stereocenters. The molecule has 1 aromatic carbocycles. The van der Waals surface area contributed by atoms with E-state index in [1.54, 1.807) is 0 Å². The molecule has 0 radical (unpaired) electrons. The Balaban J connectivity index is 2.09. The largest absolute Gasteiger partial charge is 0.396 e. The topological polar surface area (TPSA) is 133 Å². The number of carbonyl (C=O) groups is 1. The Morgan fingerprint density at radius 3 is 2.92 bits per heavy atom. The van der Waals surface area contributed by atoms with Gasteiger partial charge in [-0.1, -0.05) is 11.8 Å². The van der Waals surface area contributed by atoms with Gasteiger partial charge < -0.3 is 10.4 Å². The maximum absolute atomic E-state index is 13.3. The summed E-state index contributed by atoms with van der Waals surface area (Å²) in [6, 6.07) is 4.04. The number of aliphatic imine (C=N–C) groups is 1. The molecule has 0 aliphatic rings. The molecule has 0 unspecified atom stereocenters. The van der Waals surface area contributed by atoms with Crippen LogP contribution in [-0.2, 0) is 4.79 Å². The highest BCUT2D eigenvalue weighted by Crippen LogP contribution is 2.24. The van der Waals surface area contributed by atoms with Gasteiger partial charge in [-0.15, -0.1) is 0 Å². The fourth-order valence-corrected chi connectivity index (χ4v) is 2.82. The molecule has 0 aliphatic heterocycles. The number of aliphatic hydroxyl groups excluding tert-OH is 1. The van der Waals surface area contributed by atoms with Gasteiger partial charge >= 0.3 is 0 Å². The number of thioether (sulfide) groups is 1. The fraction of sp³-hybridized carbons (Fsp3) is 0.286. The number of rotatable bonds is 8. The van der Waals surface area contributed by atoms with Crippen molar-refractivity contribution in [3.8, 4) is 0 Å². The van der Waals surface area contributed by atoms with Crippen LogP contribution in [0.4, 0.5) is 10.1 Å². The first-order chi connectivity index (χ1) is 12.5. The first-order valence-electron chi connectivity index (χ1n) is 7.32. The predicted octanol–water partition coefficient (Wildman–Crippen LogP) is 1.62. The van der Waals surface area contributed by atoms with Gasteiger partial charge in [0, 0.05) is 13.2 Å². The first kappa shape index (κ1) is 20.3. The van der Waals surface area contributed by atoms with Gasteiger partial charge in [-0.05, 0) is 50.9 Å². The van der Waals surface area contributed by atoms with Crippen molar-refractivity contribution in [2.45, 2.75) is 11.4 Å². The first-order valence-corrected chi connectivity index (χ1v) is 9.10. The summed E-state index contributed by atoms with van der Waals surface area (Å²) in [6.45, 7) is 0.358. The molecule has 1 aromatic heterocycles. The van der Waals surface area contributed by atoms with Crippen molar-refractivity contribution in [1.29, 1.82) is 0 Å².